The number of carboxylic acids is 1. The van der Waals surface area contributed by atoms with Gasteiger partial charge in [-0.3, -0.25) is 4.79 Å². The van der Waals surface area contributed by atoms with Crippen LogP contribution in [-0.4, -0.2) is 50.2 Å². The minimum atomic E-state index is -1.11. The number of aromatic nitrogens is 3. The third kappa shape index (κ3) is 5.64. The quantitative estimate of drug-likeness (QED) is 0.355. The number of phenols is 1. The number of rotatable bonds is 6. The van der Waals surface area contributed by atoms with Crippen LogP contribution in [0.5, 0.6) is 5.75 Å². The second kappa shape index (κ2) is 10.6. The fraction of sp³-hybridized carbons (Fsp3) is 0.250. The highest BCUT2D eigenvalue weighted by Gasteiger charge is 2.16. The van der Waals surface area contributed by atoms with Gasteiger partial charge in [0, 0.05) is 11.9 Å². The van der Waals surface area contributed by atoms with Crippen LogP contribution in [-0.2, 0) is 11.3 Å². The Hall–Kier alpha value is -3.98. The molecule has 0 spiro atoms. The molecular weight excluding hydrogens is 422 g/mol. The van der Waals surface area contributed by atoms with Crippen LogP contribution in [0, 0.1) is 5.92 Å². The molecule has 0 atom stereocenters. The van der Waals surface area contributed by atoms with E-state index in [-0.39, 0.29) is 23.8 Å². The van der Waals surface area contributed by atoms with Gasteiger partial charge in [0.25, 0.3) is 0 Å². The summed E-state index contributed by atoms with van der Waals surface area (Å²) in [5.74, 6) is -0.425. The Morgan fingerprint density at radius 3 is 2.42 bits per heavy atom. The number of nitrogens with zero attached hydrogens (tertiary/aromatic N) is 3. The average Bonchev–Trinajstić information content (AvgIpc) is 3.18. The lowest BCUT2D eigenvalue weighted by molar-refractivity contribution is -0.115. The lowest BCUT2D eigenvalue weighted by atomic mass is 10.1. The van der Waals surface area contributed by atoms with Crippen molar-refractivity contribution in [1.29, 1.82) is 0 Å². The molecule has 0 saturated carbocycles. The summed E-state index contributed by atoms with van der Waals surface area (Å²) >= 11 is 0. The molecule has 2 heterocycles. The van der Waals surface area contributed by atoms with E-state index in [0.717, 1.165) is 28.5 Å². The molecular formula is C24H27N5O4. The summed E-state index contributed by atoms with van der Waals surface area (Å²) in [6, 6.07) is 13.8. The number of para-hydroxylation sites is 2. The van der Waals surface area contributed by atoms with Gasteiger partial charge < -0.3 is 25.4 Å². The number of carbonyl (C=O) groups excluding carboxylic acids is 1. The number of hydrogen-bond acceptors (Lipinski definition) is 6. The van der Waals surface area contributed by atoms with Crippen LogP contribution in [0.15, 0.2) is 54.9 Å². The average molecular weight is 450 g/mol. The predicted molar refractivity (Wildman–Crippen MR) is 127 cm³/mol. The van der Waals surface area contributed by atoms with Gasteiger partial charge in [-0.25, -0.2) is 14.8 Å². The molecule has 0 aliphatic rings. The van der Waals surface area contributed by atoms with Gasteiger partial charge in [-0.05, 0) is 31.2 Å². The summed E-state index contributed by atoms with van der Waals surface area (Å²) in [4.78, 5) is 31.3. The van der Waals surface area contributed by atoms with E-state index in [1.54, 1.807) is 19.2 Å². The fourth-order valence-electron chi connectivity index (χ4n) is 3.39. The number of amides is 1. The number of likely N-dealkylation sites (N-methyl/N-ethyl adjacent to an activating group) is 1. The first kappa shape index (κ1) is 23.7. The number of hydrogen-bond donors (Lipinski definition) is 4. The molecule has 0 aliphatic heterocycles. The first-order valence-corrected chi connectivity index (χ1v) is 10.5. The number of benzene rings is 2. The Kier molecular flexibility index (Phi) is 7.57. The van der Waals surface area contributed by atoms with Crippen LogP contribution in [0.4, 0.5) is 5.82 Å². The summed E-state index contributed by atoms with van der Waals surface area (Å²) in [5.41, 5.74) is 2.53. The first-order chi connectivity index (χ1) is 15.8. The molecule has 172 valence electrons. The van der Waals surface area contributed by atoms with Crippen LogP contribution < -0.4 is 10.6 Å². The van der Waals surface area contributed by atoms with E-state index in [9.17, 15) is 9.59 Å². The van der Waals surface area contributed by atoms with Crippen molar-refractivity contribution in [2.24, 2.45) is 5.92 Å². The Morgan fingerprint density at radius 2 is 1.79 bits per heavy atom. The molecule has 0 unspecified atom stereocenters. The summed E-state index contributed by atoms with van der Waals surface area (Å²) in [5, 5.41) is 24.0. The van der Waals surface area contributed by atoms with E-state index >= 15 is 0 Å². The summed E-state index contributed by atoms with van der Waals surface area (Å²) in [6.07, 6.45) is 1.83. The highest BCUT2D eigenvalue weighted by atomic mass is 16.4. The number of carboxylic acid groups (broad SMARTS) is 1. The number of nitrogens with one attached hydrogen (secondary N) is 2. The van der Waals surface area contributed by atoms with Gasteiger partial charge in [0.05, 0.1) is 23.9 Å². The molecule has 2 aromatic carbocycles. The number of pyridine rings is 1. The molecule has 0 saturated heterocycles. The van der Waals surface area contributed by atoms with E-state index < -0.39 is 5.97 Å². The molecule has 1 amide bonds. The third-order valence-electron chi connectivity index (χ3n) is 4.74. The smallest absolute Gasteiger partial charge is 0.339 e. The molecule has 9 heteroatoms. The molecule has 33 heavy (non-hydrogen) atoms. The lowest BCUT2D eigenvalue weighted by Crippen LogP contribution is -2.25. The molecule has 2 aromatic heterocycles. The maximum Gasteiger partial charge on any atom is 0.339 e. The summed E-state index contributed by atoms with van der Waals surface area (Å²) < 4.78 is 2.14. The topological polar surface area (TPSA) is 129 Å². The van der Waals surface area contributed by atoms with Crippen molar-refractivity contribution in [2.45, 2.75) is 20.4 Å². The maximum atomic E-state index is 11.9. The number of carbonyl (C=O) groups is 2. The van der Waals surface area contributed by atoms with Gasteiger partial charge >= 0.3 is 5.97 Å². The monoisotopic (exact) mass is 449 g/mol. The number of imidazole rings is 1. The highest BCUT2D eigenvalue weighted by Crippen LogP contribution is 2.29. The maximum absolute atomic E-state index is 11.9. The van der Waals surface area contributed by atoms with Gasteiger partial charge in [-0.15, -0.1) is 0 Å². The van der Waals surface area contributed by atoms with E-state index in [4.69, 9.17) is 10.2 Å². The minimum Gasteiger partial charge on any atom is -0.507 e. The second-order valence-corrected chi connectivity index (χ2v) is 7.87. The normalized spacial score (nSPS) is 10.8. The molecule has 9 nitrogen and oxygen atoms in total. The molecule has 0 radical (unpaired) electrons. The van der Waals surface area contributed by atoms with Gasteiger partial charge in [-0.1, -0.05) is 44.2 Å². The summed E-state index contributed by atoms with van der Waals surface area (Å²) in [6.45, 7) is 5.45. The summed E-state index contributed by atoms with van der Waals surface area (Å²) in [7, 11) is 1.74. The van der Waals surface area contributed by atoms with Crippen molar-refractivity contribution in [3.05, 3.63) is 60.4 Å². The third-order valence-corrected chi connectivity index (χ3v) is 4.74. The number of aromatic hydroxyl groups is 1. The van der Waals surface area contributed by atoms with Crippen LogP contribution in [0.2, 0.25) is 0 Å². The highest BCUT2D eigenvalue weighted by molar-refractivity contribution is 6.09. The van der Waals surface area contributed by atoms with Crippen molar-refractivity contribution in [1.82, 2.24) is 19.9 Å². The first-order valence-electron chi connectivity index (χ1n) is 10.5. The van der Waals surface area contributed by atoms with Crippen molar-refractivity contribution in [3.8, 4) is 5.75 Å². The molecule has 0 bridgehead atoms. The van der Waals surface area contributed by atoms with E-state index in [2.05, 4.69) is 39.0 Å². The Bertz CT molecular complexity index is 1280. The zero-order valence-electron chi connectivity index (χ0n) is 18.7. The van der Waals surface area contributed by atoms with Gasteiger partial charge in [0.15, 0.2) is 5.82 Å². The zero-order valence-corrected chi connectivity index (χ0v) is 18.7. The number of aromatic carboxylic acids is 1. The lowest BCUT2D eigenvalue weighted by Gasteiger charge is -2.11. The minimum absolute atomic E-state index is 0.0671. The van der Waals surface area contributed by atoms with Crippen LogP contribution >= 0.6 is 0 Å². The fourth-order valence-corrected chi connectivity index (χ4v) is 3.39. The van der Waals surface area contributed by atoms with E-state index in [1.807, 2.05) is 30.6 Å². The Morgan fingerprint density at radius 1 is 1.09 bits per heavy atom. The van der Waals surface area contributed by atoms with Crippen molar-refractivity contribution in [3.63, 3.8) is 0 Å². The van der Waals surface area contributed by atoms with Gasteiger partial charge in [0.1, 0.15) is 16.8 Å². The Labute approximate surface area is 191 Å². The largest absolute Gasteiger partial charge is 0.507 e. The van der Waals surface area contributed by atoms with Crippen LogP contribution in [0.1, 0.15) is 24.2 Å². The number of anilines is 1. The van der Waals surface area contributed by atoms with Gasteiger partial charge in [-0.2, -0.15) is 0 Å². The predicted octanol–water partition coefficient (Wildman–Crippen LogP) is 3.49. The zero-order chi connectivity index (χ0) is 24.0. The van der Waals surface area contributed by atoms with Crippen molar-refractivity contribution >= 4 is 39.6 Å². The van der Waals surface area contributed by atoms with Crippen molar-refractivity contribution < 1.29 is 19.8 Å². The second-order valence-electron chi connectivity index (χ2n) is 7.87. The van der Waals surface area contributed by atoms with Crippen molar-refractivity contribution in [2.75, 3.05) is 18.9 Å². The molecule has 0 fully saturated rings. The molecule has 4 rings (SSSR count). The van der Waals surface area contributed by atoms with E-state index in [0.29, 0.717) is 11.7 Å². The van der Waals surface area contributed by atoms with E-state index in [1.165, 1.54) is 12.1 Å². The Balaban J connectivity index is 0.000000257. The van der Waals surface area contributed by atoms with Gasteiger partial charge in [0.2, 0.25) is 5.91 Å². The molecule has 4 aromatic rings. The van der Waals surface area contributed by atoms with Crippen LogP contribution in [0.25, 0.3) is 21.9 Å². The SMILES string of the molecule is CNCC(=O)Nc1nc2ccccc2c2c1ncn2CC(C)C.O=C(O)c1ccccc1O. The number of fused-ring (bicyclic) bond motifs is 3. The molecule has 4 N–H and O–H groups in total. The molecule has 0 aliphatic carbocycles. The van der Waals surface area contributed by atoms with Crippen LogP contribution in [0.3, 0.4) is 0 Å². The standard InChI is InChI=1S/C17H21N5O.C7H6O3/c1-11(2)9-22-10-19-15-16(22)12-6-4-5-7-13(12)20-17(15)21-14(23)8-18-3;8-6-4-2-1-3-5(6)7(9)10/h4-7,10-11,18H,8-9H2,1-3H3,(H,20,21,23);1-4,8H,(H,9,10).